The maximum absolute atomic E-state index is 12.2. The molecular formula is C19H20ClNO3. The lowest BCUT2D eigenvalue weighted by molar-refractivity contribution is 0.0977. The highest BCUT2D eigenvalue weighted by atomic mass is 35.5. The number of carbonyl (C=O) groups is 2. The molecule has 2 aromatic rings. The van der Waals surface area contributed by atoms with Crippen LogP contribution in [0.4, 0.5) is 5.69 Å². The minimum Gasteiger partial charge on any atom is -0.507 e. The first kappa shape index (κ1) is 18.0. The Hall–Kier alpha value is -2.33. The molecule has 0 aliphatic heterocycles. The Balaban J connectivity index is 2.08. The number of hydrogen-bond acceptors (Lipinski definition) is 3. The normalized spacial score (nSPS) is 10.4. The summed E-state index contributed by atoms with van der Waals surface area (Å²) in [5, 5.41) is 12.8. The van der Waals surface area contributed by atoms with E-state index in [2.05, 4.69) is 12.2 Å². The number of anilines is 1. The fourth-order valence-electron chi connectivity index (χ4n) is 2.35. The van der Waals surface area contributed by atoms with Gasteiger partial charge in [-0.05, 0) is 36.8 Å². The number of ketones is 1. The Morgan fingerprint density at radius 1 is 1.12 bits per heavy atom. The summed E-state index contributed by atoms with van der Waals surface area (Å²) in [5.41, 5.74) is 1.21. The molecule has 0 bridgehead atoms. The molecule has 0 saturated carbocycles. The van der Waals surface area contributed by atoms with Crippen molar-refractivity contribution in [3.63, 3.8) is 0 Å². The predicted octanol–water partition coefficient (Wildman–Crippen LogP) is 5.06. The maximum Gasteiger partial charge on any atom is 0.259 e. The van der Waals surface area contributed by atoms with Gasteiger partial charge in [0.1, 0.15) is 5.75 Å². The number of halogens is 1. The Bertz CT molecular complexity index is 743. The van der Waals surface area contributed by atoms with Crippen molar-refractivity contribution in [1.82, 2.24) is 0 Å². The van der Waals surface area contributed by atoms with E-state index in [1.54, 1.807) is 24.3 Å². The first-order valence-corrected chi connectivity index (χ1v) is 8.32. The summed E-state index contributed by atoms with van der Waals surface area (Å²) in [5.74, 6) is -0.583. The number of aromatic hydroxyl groups is 1. The number of Topliss-reactive ketones (excluding diaryl/α,β-unsaturated/α-hetero) is 1. The smallest absolute Gasteiger partial charge is 0.259 e. The molecule has 0 fully saturated rings. The second-order valence-corrected chi connectivity index (χ2v) is 6.01. The number of hydrogen-bond donors (Lipinski definition) is 2. The van der Waals surface area contributed by atoms with Gasteiger partial charge in [0.2, 0.25) is 0 Å². The molecule has 1 amide bonds. The molecule has 0 unspecified atom stereocenters. The number of benzene rings is 2. The molecule has 0 aromatic heterocycles. The molecule has 24 heavy (non-hydrogen) atoms. The lowest BCUT2D eigenvalue weighted by atomic mass is 10.0. The Kier molecular flexibility index (Phi) is 6.38. The Labute approximate surface area is 146 Å². The Morgan fingerprint density at radius 3 is 2.62 bits per heavy atom. The molecular weight excluding hydrogens is 326 g/mol. The van der Waals surface area contributed by atoms with E-state index in [-0.39, 0.29) is 17.1 Å². The molecule has 0 saturated heterocycles. The fraction of sp³-hybridized carbons (Fsp3) is 0.263. The fourth-order valence-corrected chi connectivity index (χ4v) is 2.51. The van der Waals surface area contributed by atoms with Gasteiger partial charge in [-0.2, -0.15) is 0 Å². The van der Waals surface area contributed by atoms with Crippen LogP contribution in [0.15, 0.2) is 42.5 Å². The summed E-state index contributed by atoms with van der Waals surface area (Å²) in [6, 6.07) is 11.1. The van der Waals surface area contributed by atoms with Crippen molar-refractivity contribution >= 4 is 29.0 Å². The third-order valence-electron chi connectivity index (χ3n) is 3.65. The second kappa shape index (κ2) is 8.50. The van der Waals surface area contributed by atoms with Crippen LogP contribution in [0, 0.1) is 0 Å². The molecule has 0 aliphatic carbocycles. The van der Waals surface area contributed by atoms with Gasteiger partial charge in [0.05, 0.1) is 5.56 Å². The zero-order valence-corrected chi connectivity index (χ0v) is 14.3. The molecule has 0 atom stereocenters. The van der Waals surface area contributed by atoms with Gasteiger partial charge in [0.15, 0.2) is 5.78 Å². The van der Waals surface area contributed by atoms with Gasteiger partial charge in [0, 0.05) is 22.7 Å². The molecule has 2 N–H and O–H groups in total. The molecule has 2 aromatic carbocycles. The van der Waals surface area contributed by atoms with Crippen LogP contribution in [0.2, 0.25) is 5.02 Å². The standard InChI is InChI=1S/C19H20ClNO3/c1-2-3-4-8-17(22)13-6-5-7-15(11-13)21-19(24)16-10-9-14(20)12-18(16)23/h5-7,9-12,23H,2-4,8H2,1H3,(H,21,24). The predicted molar refractivity (Wildman–Crippen MR) is 96.0 cm³/mol. The molecule has 2 rings (SSSR count). The third-order valence-corrected chi connectivity index (χ3v) is 3.89. The van der Waals surface area contributed by atoms with Crippen LogP contribution in [0.1, 0.15) is 53.3 Å². The molecule has 0 radical (unpaired) electrons. The topological polar surface area (TPSA) is 66.4 Å². The van der Waals surface area contributed by atoms with E-state index in [0.717, 1.165) is 19.3 Å². The second-order valence-electron chi connectivity index (χ2n) is 5.58. The quantitative estimate of drug-likeness (QED) is 0.544. The number of amides is 1. The van der Waals surface area contributed by atoms with Crippen molar-refractivity contribution in [1.29, 1.82) is 0 Å². The van der Waals surface area contributed by atoms with Crippen LogP contribution in [0.5, 0.6) is 5.75 Å². The largest absolute Gasteiger partial charge is 0.507 e. The monoisotopic (exact) mass is 345 g/mol. The van der Waals surface area contributed by atoms with E-state index in [0.29, 0.717) is 22.7 Å². The van der Waals surface area contributed by atoms with Gasteiger partial charge in [-0.25, -0.2) is 0 Å². The number of unbranched alkanes of at least 4 members (excludes halogenated alkanes) is 2. The number of phenols is 1. The lowest BCUT2D eigenvalue weighted by Gasteiger charge is -2.08. The number of carbonyl (C=O) groups excluding carboxylic acids is 2. The van der Waals surface area contributed by atoms with Crippen molar-refractivity contribution in [2.45, 2.75) is 32.6 Å². The van der Waals surface area contributed by atoms with Crippen LogP contribution in [-0.4, -0.2) is 16.8 Å². The molecule has 0 spiro atoms. The van der Waals surface area contributed by atoms with E-state index in [1.807, 2.05) is 0 Å². The summed E-state index contributed by atoms with van der Waals surface area (Å²) in [6.07, 6.45) is 3.46. The van der Waals surface area contributed by atoms with E-state index >= 15 is 0 Å². The summed E-state index contributed by atoms with van der Waals surface area (Å²) >= 11 is 5.76. The molecule has 4 nitrogen and oxygen atoms in total. The Morgan fingerprint density at radius 2 is 1.92 bits per heavy atom. The summed E-state index contributed by atoms with van der Waals surface area (Å²) in [6.45, 7) is 2.09. The molecule has 0 heterocycles. The van der Waals surface area contributed by atoms with Crippen molar-refractivity contribution in [2.24, 2.45) is 0 Å². The van der Waals surface area contributed by atoms with Gasteiger partial charge >= 0.3 is 0 Å². The van der Waals surface area contributed by atoms with Crippen LogP contribution >= 0.6 is 11.6 Å². The third kappa shape index (κ3) is 4.83. The van der Waals surface area contributed by atoms with Gasteiger partial charge in [-0.3, -0.25) is 9.59 Å². The summed E-state index contributed by atoms with van der Waals surface area (Å²) in [7, 11) is 0. The number of rotatable bonds is 7. The number of nitrogens with one attached hydrogen (secondary N) is 1. The zero-order chi connectivity index (χ0) is 17.5. The van der Waals surface area contributed by atoms with Gasteiger partial charge in [-0.1, -0.05) is 43.5 Å². The van der Waals surface area contributed by atoms with E-state index in [9.17, 15) is 14.7 Å². The summed E-state index contributed by atoms with van der Waals surface area (Å²) < 4.78 is 0. The summed E-state index contributed by atoms with van der Waals surface area (Å²) in [4.78, 5) is 24.4. The van der Waals surface area contributed by atoms with E-state index in [4.69, 9.17) is 11.6 Å². The number of phenolic OH excluding ortho intramolecular Hbond substituents is 1. The average Bonchev–Trinajstić information content (AvgIpc) is 2.55. The first-order valence-electron chi connectivity index (χ1n) is 7.94. The zero-order valence-electron chi connectivity index (χ0n) is 13.5. The van der Waals surface area contributed by atoms with Crippen LogP contribution in [-0.2, 0) is 0 Å². The van der Waals surface area contributed by atoms with Crippen LogP contribution in [0.3, 0.4) is 0 Å². The van der Waals surface area contributed by atoms with Crippen molar-refractivity contribution in [2.75, 3.05) is 5.32 Å². The van der Waals surface area contributed by atoms with Gasteiger partial charge < -0.3 is 10.4 Å². The maximum atomic E-state index is 12.2. The molecule has 126 valence electrons. The highest BCUT2D eigenvalue weighted by molar-refractivity contribution is 6.31. The minimum atomic E-state index is -0.459. The van der Waals surface area contributed by atoms with Gasteiger partial charge in [0.25, 0.3) is 5.91 Å². The highest BCUT2D eigenvalue weighted by Gasteiger charge is 2.13. The molecule has 0 aliphatic rings. The van der Waals surface area contributed by atoms with Crippen LogP contribution in [0.25, 0.3) is 0 Å². The van der Waals surface area contributed by atoms with Crippen molar-refractivity contribution < 1.29 is 14.7 Å². The molecule has 5 heteroatoms. The van der Waals surface area contributed by atoms with E-state index in [1.165, 1.54) is 18.2 Å². The van der Waals surface area contributed by atoms with Crippen molar-refractivity contribution in [3.05, 3.63) is 58.6 Å². The SMILES string of the molecule is CCCCCC(=O)c1cccc(NC(=O)c2ccc(Cl)cc2O)c1. The van der Waals surface area contributed by atoms with Gasteiger partial charge in [-0.15, -0.1) is 0 Å². The van der Waals surface area contributed by atoms with Crippen LogP contribution < -0.4 is 5.32 Å². The average molecular weight is 346 g/mol. The van der Waals surface area contributed by atoms with E-state index < -0.39 is 5.91 Å². The van der Waals surface area contributed by atoms with Crippen molar-refractivity contribution in [3.8, 4) is 5.75 Å². The minimum absolute atomic E-state index is 0.0638. The first-order chi connectivity index (χ1) is 11.5. The highest BCUT2D eigenvalue weighted by Crippen LogP contribution is 2.23. The lowest BCUT2D eigenvalue weighted by Crippen LogP contribution is -2.12.